The first-order chi connectivity index (χ1) is 31.2. The Morgan fingerprint density at radius 3 is 1.57 bits per heavy atom. The van der Waals surface area contributed by atoms with Crippen molar-refractivity contribution in [1.29, 1.82) is 0 Å². The maximum atomic E-state index is 5.68. The Morgan fingerprint density at radius 2 is 0.841 bits per heavy atom. The van der Waals surface area contributed by atoms with Crippen LogP contribution in [0.25, 0.3) is 120 Å². The van der Waals surface area contributed by atoms with Crippen LogP contribution in [0.1, 0.15) is 0 Å². The van der Waals surface area contributed by atoms with Gasteiger partial charge in [-0.2, -0.15) is 0 Å². The fourth-order valence-electron chi connectivity index (χ4n) is 9.80. The molecule has 0 saturated heterocycles. The van der Waals surface area contributed by atoms with Crippen molar-refractivity contribution in [3.8, 4) is 56.1 Å². The molecule has 0 unspecified atom stereocenters. The summed E-state index contributed by atoms with van der Waals surface area (Å²) in [7, 11) is 0. The van der Waals surface area contributed by atoms with Crippen LogP contribution in [0.15, 0.2) is 224 Å². The van der Waals surface area contributed by atoms with Crippen LogP contribution in [0, 0.1) is 0 Å². The zero-order chi connectivity index (χ0) is 41.4. The van der Waals surface area contributed by atoms with Gasteiger partial charge in [0.25, 0.3) is 0 Å². The molecule has 4 heterocycles. The Bertz CT molecular complexity index is 3910. The van der Waals surface area contributed by atoms with Crippen molar-refractivity contribution in [3.63, 3.8) is 0 Å². The Hall–Kier alpha value is -8.05. The molecule has 13 aromatic rings. The van der Waals surface area contributed by atoms with Crippen LogP contribution >= 0.6 is 11.3 Å². The minimum absolute atomic E-state index is 0.872. The Kier molecular flexibility index (Phi) is 8.08. The van der Waals surface area contributed by atoms with Crippen molar-refractivity contribution in [1.82, 2.24) is 14.1 Å². The van der Waals surface area contributed by atoms with Crippen molar-refractivity contribution in [2.24, 2.45) is 0 Å². The summed E-state index contributed by atoms with van der Waals surface area (Å²) in [6.07, 6.45) is 0. The van der Waals surface area contributed by atoms with Gasteiger partial charge in [0.2, 0.25) is 0 Å². The van der Waals surface area contributed by atoms with Crippen LogP contribution in [-0.2, 0) is 0 Å². The molecule has 0 aliphatic carbocycles. The molecule has 0 atom stereocenters. The number of hydrogen-bond donors (Lipinski definition) is 0. The van der Waals surface area contributed by atoms with Crippen LogP contribution in [-0.4, -0.2) is 14.1 Å². The highest BCUT2D eigenvalue weighted by atomic mass is 32.1. The van der Waals surface area contributed by atoms with Crippen molar-refractivity contribution in [2.75, 3.05) is 0 Å². The second-order valence-electron chi connectivity index (χ2n) is 16.3. The van der Waals surface area contributed by atoms with Gasteiger partial charge in [-0.1, -0.05) is 164 Å². The van der Waals surface area contributed by atoms with Gasteiger partial charge in [-0.25, -0.2) is 4.98 Å². The number of para-hydroxylation sites is 2. The number of rotatable bonds is 6. The second-order valence-corrected chi connectivity index (χ2v) is 17.4. The van der Waals surface area contributed by atoms with Gasteiger partial charge in [0.1, 0.15) is 5.82 Å². The average molecular weight is 820 g/mol. The quantitative estimate of drug-likeness (QED) is 0.164. The molecule has 0 bridgehead atoms. The van der Waals surface area contributed by atoms with Crippen molar-refractivity contribution in [2.45, 2.75) is 0 Å². The predicted octanol–water partition coefficient (Wildman–Crippen LogP) is 16.3. The van der Waals surface area contributed by atoms with E-state index in [0.29, 0.717) is 0 Å². The zero-order valence-corrected chi connectivity index (χ0v) is 34.9. The smallest absolute Gasteiger partial charge is 0.138 e. The Labute approximate surface area is 368 Å². The van der Waals surface area contributed by atoms with Crippen LogP contribution in [0.4, 0.5) is 0 Å². The van der Waals surface area contributed by atoms with Crippen LogP contribution < -0.4 is 0 Å². The molecule has 0 amide bonds. The molecule has 0 spiro atoms. The highest BCUT2D eigenvalue weighted by molar-refractivity contribution is 7.25. The zero-order valence-electron chi connectivity index (χ0n) is 34.1. The minimum atomic E-state index is 0.872. The first-order valence-electron chi connectivity index (χ1n) is 21.4. The van der Waals surface area contributed by atoms with Crippen LogP contribution in [0.3, 0.4) is 0 Å². The lowest BCUT2D eigenvalue weighted by atomic mass is 9.98. The molecule has 3 nitrogen and oxygen atoms in total. The van der Waals surface area contributed by atoms with E-state index in [4.69, 9.17) is 4.98 Å². The maximum Gasteiger partial charge on any atom is 0.138 e. The van der Waals surface area contributed by atoms with E-state index in [-0.39, 0.29) is 0 Å². The standard InChI is InChI=1S/C59H37N3S/c1-3-15-38(16-4-1)40-19-13-21-43(33-40)52-36-44(42-29-32-56-51(35-42)48-25-9-12-28-55(48)63-56)37-57(60-52)62-54-27-11-8-24-47(54)50-31-30-49-46-23-7-10-26-53(46)61(58(49)59(50)62)45-22-14-20-41(34-45)39-17-5-2-6-18-39/h1-37H. The molecule has 63 heavy (non-hydrogen) atoms. The van der Waals surface area contributed by atoms with Crippen LogP contribution in [0.2, 0.25) is 0 Å². The maximum absolute atomic E-state index is 5.68. The molecular formula is C59H37N3S. The van der Waals surface area contributed by atoms with E-state index in [0.717, 1.165) is 56.0 Å². The molecule has 13 rings (SSSR count). The van der Waals surface area contributed by atoms with Crippen molar-refractivity contribution >= 4 is 75.1 Å². The number of hydrogen-bond acceptors (Lipinski definition) is 2. The van der Waals surface area contributed by atoms with Crippen LogP contribution in [0.5, 0.6) is 0 Å². The van der Waals surface area contributed by atoms with Crippen molar-refractivity contribution < 1.29 is 0 Å². The lowest BCUT2D eigenvalue weighted by molar-refractivity contribution is 1.08. The summed E-state index contributed by atoms with van der Waals surface area (Å²) < 4.78 is 7.49. The highest BCUT2D eigenvalue weighted by Gasteiger charge is 2.23. The molecule has 0 aliphatic rings. The van der Waals surface area contributed by atoms with Gasteiger partial charge in [-0.3, -0.25) is 4.57 Å². The predicted molar refractivity (Wildman–Crippen MR) is 268 cm³/mol. The Morgan fingerprint density at radius 1 is 0.302 bits per heavy atom. The van der Waals surface area contributed by atoms with E-state index in [2.05, 4.69) is 234 Å². The molecule has 9 aromatic carbocycles. The average Bonchev–Trinajstić information content (AvgIpc) is 4.02. The Balaban J connectivity index is 1.13. The number of thiophene rings is 1. The molecular weight excluding hydrogens is 783 g/mol. The van der Waals surface area contributed by atoms with Gasteiger partial charge in [-0.15, -0.1) is 11.3 Å². The van der Waals surface area contributed by atoms with Gasteiger partial charge < -0.3 is 4.57 Å². The van der Waals surface area contributed by atoms with Gasteiger partial charge in [0.15, 0.2) is 0 Å². The summed E-state index contributed by atoms with van der Waals surface area (Å²) in [6.45, 7) is 0. The summed E-state index contributed by atoms with van der Waals surface area (Å²) in [5.41, 5.74) is 14.7. The fraction of sp³-hybridized carbons (Fsp3) is 0. The summed E-state index contributed by atoms with van der Waals surface area (Å²) in [4.78, 5) is 5.68. The third-order valence-corrected chi connectivity index (χ3v) is 13.8. The third kappa shape index (κ3) is 5.76. The van der Waals surface area contributed by atoms with Gasteiger partial charge >= 0.3 is 0 Å². The van der Waals surface area contributed by atoms with E-state index in [1.54, 1.807) is 0 Å². The number of fused-ring (bicyclic) bond motifs is 10. The van der Waals surface area contributed by atoms with Gasteiger partial charge in [-0.05, 0) is 94.0 Å². The summed E-state index contributed by atoms with van der Waals surface area (Å²) in [5, 5.41) is 7.36. The van der Waals surface area contributed by atoms with E-state index in [1.807, 2.05) is 11.3 Å². The summed E-state index contributed by atoms with van der Waals surface area (Å²) >= 11 is 1.85. The van der Waals surface area contributed by atoms with Gasteiger partial charge in [0.05, 0.1) is 27.8 Å². The number of benzene rings is 9. The second kappa shape index (κ2) is 14.3. The summed E-state index contributed by atoms with van der Waals surface area (Å²) in [5.74, 6) is 0.872. The number of pyridine rings is 1. The van der Waals surface area contributed by atoms with E-state index in [9.17, 15) is 0 Å². The molecule has 0 saturated carbocycles. The lowest BCUT2D eigenvalue weighted by Crippen LogP contribution is -2.02. The SMILES string of the molecule is c1ccc(-c2cccc(-c3cc(-c4ccc5sc6ccccc6c5c4)cc(-n4c5ccccc5c5ccc6c7ccccc7n(-c7cccc(-c8ccccc8)c7)c6c54)n3)c2)cc1. The number of nitrogens with zero attached hydrogens (tertiary/aromatic N) is 3. The molecule has 4 aromatic heterocycles. The minimum Gasteiger partial charge on any atom is -0.307 e. The first-order valence-corrected chi connectivity index (χ1v) is 22.3. The molecule has 0 aliphatic heterocycles. The third-order valence-electron chi connectivity index (χ3n) is 12.7. The molecule has 4 heteroatoms. The fourth-order valence-corrected chi connectivity index (χ4v) is 10.9. The monoisotopic (exact) mass is 819 g/mol. The molecule has 0 radical (unpaired) electrons. The largest absolute Gasteiger partial charge is 0.307 e. The van der Waals surface area contributed by atoms with E-state index in [1.165, 1.54) is 63.9 Å². The lowest BCUT2D eigenvalue weighted by Gasteiger charge is -2.15. The first kappa shape index (κ1) is 35.7. The van der Waals surface area contributed by atoms with E-state index < -0.39 is 0 Å². The highest BCUT2D eigenvalue weighted by Crippen LogP contribution is 2.43. The topological polar surface area (TPSA) is 22.8 Å². The number of aromatic nitrogens is 3. The molecule has 0 N–H and O–H groups in total. The molecule has 0 fully saturated rings. The normalized spacial score (nSPS) is 11.8. The summed E-state index contributed by atoms with van der Waals surface area (Å²) in [6, 6.07) is 81.6. The molecule has 294 valence electrons. The van der Waals surface area contributed by atoms with Gasteiger partial charge in [0, 0.05) is 53.0 Å². The van der Waals surface area contributed by atoms with Crippen molar-refractivity contribution in [3.05, 3.63) is 224 Å². The van der Waals surface area contributed by atoms with E-state index >= 15 is 0 Å².